The van der Waals surface area contributed by atoms with Crippen LogP contribution in [-0.2, 0) is 12.8 Å². The summed E-state index contributed by atoms with van der Waals surface area (Å²) in [4.78, 5) is 0. The van der Waals surface area contributed by atoms with E-state index < -0.39 is 0 Å². The van der Waals surface area contributed by atoms with E-state index in [1.807, 2.05) is 12.1 Å². The highest BCUT2D eigenvalue weighted by Gasteiger charge is 2.33. The number of hydrogen-bond acceptors (Lipinski definition) is 4. The number of phenols is 2. The van der Waals surface area contributed by atoms with Crippen LogP contribution in [-0.4, -0.2) is 22.4 Å². The fourth-order valence-corrected chi connectivity index (χ4v) is 3.63. The van der Waals surface area contributed by atoms with Crippen molar-refractivity contribution in [1.82, 2.24) is 0 Å². The molecule has 24 heavy (non-hydrogen) atoms. The maximum Gasteiger partial charge on any atom is 0.130 e. The molecule has 4 nitrogen and oxygen atoms in total. The third kappa shape index (κ3) is 2.56. The van der Waals surface area contributed by atoms with Gasteiger partial charge in [0.1, 0.15) is 28.6 Å². The molecule has 0 saturated carbocycles. The molecule has 2 aliphatic heterocycles. The second-order valence-electron chi connectivity index (χ2n) is 7.35. The molecule has 2 aliphatic rings. The zero-order valence-corrected chi connectivity index (χ0v) is 14.0. The number of benzene rings is 2. The lowest BCUT2D eigenvalue weighted by Gasteiger charge is -2.36. The number of ether oxygens (including phenoxy) is 2. The van der Waals surface area contributed by atoms with Crippen molar-refractivity contribution >= 4 is 0 Å². The molecule has 0 aromatic heterocycles. The Morgan fingerprint density at radius 3 is 2.79 bits per heavy atom. The Morgan fingerprint density at radius 1 is 1.12 bits per heavy atom. The minimum Gasteiger partial charge on any atom is -0.508 e. The van der Waals surface area contributed by atoms with Gasteiger partial charge in [-0.2, -0.15) is 0 Å². The zero-order chi connectivity index (χ0) is 16.9. The molecule has 0 amide bonds. The Bertz CT molecular complexity index is 794. The third-order valence-electron chi connectivity index (χ3n) is 5.02. The van der Waals surface area contributed by atoms with Crippen LogP contribution in [0.4, 0.5) is 0 Å². The SMILES string of the molecule is CC1(C)CCc2c(O)ccc(C3COc4cc(O)ccc4C3)c2O1. The van der Waals surface area contributed by atoms with Gasteiger partial charge in [0, 0.05) is 23.1 Å². The molecule has 0 spiro atoms. The van der Waals surface area contributed by atoms with Crippen LogP contribution in [0.15, 0.2) is 30.3 Å². The van der Waals surface area contributed by atoms with Gasteiger partial charge in [0.15, 0.2) is 0 Å². The standard InChI is InChI=1S/C20H22O4/c1-20(2)8-7-16-17(22)6-5-15(19(16)24-20)13-9-12-3-4-14(21)10-18(12)23-11-13/h3-6,10,13,21-22H,7-9,11H2,1-2H3. The highest BCUT2D eigenvalue weighted by molar-refractivity contribution is 5.54. The summed E-state index contributed by atoms with van der Waals surface area (Å²) in [5.41, 5.74) is 2.85. The fourth-order valence-electron chi connectivity index (χ4n) is 3.63. The minimum absolute atomic E-state index is 0.172. The summed E-state index contributed by atoms with van der Waals surface area (Å²) in [6.07, 6.45) is 2.54. The Kier molecular flexibility index (Phi) is 3.37. The van der Waals surface area contributed by atoms with E-state index in [0.29, 0.717) is 12.4 Å². The van der Waals surface area contributed by atoms with Gasteiger partial charge in [0.05, 0.1) is 6.61 Å². The molecule has 0 bridgehead atoms. The monoisotopic (exact) mass is 326 g/mol. The Balaban J connectivity index is 1.72. The summed E-state index contributed by atoms with van der Waals surface area (Å²) in [5.74, 6) is 2.28. The van der Waals surface area contributed by atoms with Crippen LogP contribution in [0, 0.1) is 0 Å². The van der Waals surface area contributed by atoms with E-state index in [9.17, 15) is 10.2 Å². The Labute approximate surface area is 141 Å². The first-order valence-electron chi connectivity index (χ1n) is 8.41. The molecular weight excluding hydrogens is 304 g/mol. The van der Waals surface area contributed by atoms with Crippen LogP contribution >= 0.6 is 0 Å². The van der Waals surface area contributed by atoms with Gasteiger partial charge < -0.3 is 19.7 Å². The van der Waals surface area contributed by atoms with E-state index in [0.717, 1.165) is 47.5 Å². The van der Waals surface area contributed by atoms with Crippen molar-refractivity contribution in [1.29, 1.82) is 0 Å². The molecular formula is C20H22O4. The molecule has 1 unspecified atom stereocenters. The van der Waals surface area contributed by atoms with Gasteiger partial charge in [0.2, 0.25) is 0 Å². The maximum atomic E-state index is 10.2. The Hall–Kier alpha value is -2.36. The molecule has 1 atom stereocenters. The summed E-state index contributed by atoms with van der Waals surface area (Å²) in [7, 11) is 0. The summed E-state index contributed by atoms with van der Waals surface area (Å²) >= 11 is 0. The molecule has 2 heterocycles. The lowest BCUT2D eigenvalue weighted by molar-refractivity contribution is 0.0809. The van der Waals surface area contributed by atoms with E-state index >= 15 is 0 Å². The third-order valence-corrected chi connectivity index (χ3v) is 5.02. The largest absolute Gasteiger partial charge is 0.508 e. The van der Waals surface area contributed by atoms with Gasteiger partial charge in [-0.15, -0.1) is 0 Å². The molecule has 2 N–H and O–H groups in total. The molecule has 0 aliphatic carbocycles. The average molecular weight is 326 g/mol. The van der Waals surface area contributed by atoms with Crippen molar-refractivity contribution < 1.29 is 19.7 Å². The fraction of sp³-hybridized carbons (Fsp3) is 0.400. The van der Waals surface area contributed by atoms with E-state index in [4.69, 9.17) is 9.47 Å². The highest BCUT2D eigenvalue weighted by atomic mass is 16.5. The molecule has 4 heteroatoms. The van der Waals surface area contributed by atoms with Crippen LogP contribution in [0.25, 0.3) is 0 Å². The number of phenolic OH excluding ortho intramolecular Hbond substituents is 2. The Morgan fingerprint density at radius 2 is 1.96 bits per heavy atom. The van der Waals surface area contributed by atoms with Crippen molar-refractivity contribution in [2.75, 3.05) is 6.61 Å². The van der Waals surface area contributed by atoms with Crippen molar-refractivity contribution in [2.24, 2.45) is 0 Å². The second kappa shape index (κ2) is 5.33. The summed E-state index contributed by atoms with van der Waals surface area (Å²) in [6, 6.07) is 8.99. The van der Waals surface area contributed by atoms with Gasteiger partial charge in [-0.3, -0.25) is 0 Å². The summed E-state index contributed by atoms with van der Waals surface area (Å²) in [5, 5.41) is 19.8. The molecule has 4 rings (SSSR count). The first kappa shape index (κ1) is 15.2. The summed E-state index contributed by atoms with van der Waals surface area (Å²) < 4.78 is 12.1. The minimum atomic E-state index is -0.227. The number of fused-ring (bicyclic) bond motifs is 2. The van der Waals surface area contributed by atoms with E-state index in [-0.39, 0.29) is 17.3 Å². The molecule has 0 saturated heterocycles. The van der Waals surface area contributed by atoms with Gasteiger partial charge in [-0.1, -0.05) is 12.1 Å². The van der Waals surface area contributed by atoms with Crippen LogP contribution in [0.1, 0.15) is 42.9 Å². The smallest absolute Gasteiger partial charge is 0.130 e. The molecule has 126 valence electrons. The van der Waals surface area contributed by atoms with Crippen molar-refractivity contribution in [3.8, 4) is 23.0 Å². The van der Waals surface area contributed by atoms with Crippen LogP contribution in [0.2, 0.25) is 0 Å². The van der Waals surface area contributed by atoms with E-state index in [1.54, 1.807) is 18.2 Å². The quantitative estimate of drug-likeness (QED) is 0.834. The van der Waals surface area contributed by atoms with E-state index in [1.165, 1.54) is 0 Å². The van der Waals surface area contributed by atoms with Crippen molar-refractivity contribution in [2.45, 2.75) is 44.6 Å². The van der Waals surface area contributed by atoms with Gasteiger partial charge in [-0.05, 0) is 50.8 Å². The summed E-state index contributed by atoms with van der Waals surface area (Å²) in [6.45, 7) is 4.70. The predicted molar refractivity (Wildman–Crippen MR) is 91.2 cm³/mol. The maximum absolute atomic E-state index is 10.2. The number of aromatic hydroxyl groups is 2. The number of hydrogen-bond donors (Lipinski definition) is 2. The average Bonchev–Trinajstić information content (AvgIpc) is 2.54. The molecule has 2 aromatic carbocycles. The molecule has 0 radical (unpaired) electrons. The first-order valence-corrected chi connectivity index (χ1v) is 8.41. The predicted octanol–water partition coefficient (Wildman–Crippen LogP) is 3.92. The van der Waals surface area contributed by atoms with Crippen LogP contribution < -0.4 is 9.47 Å². The lowest BCUT2D eigenvalue weighted by Crippen LogP contribution is -2.34. The second-order valence-corrected chi connectivity index (χ2v) is 7.35. The topological polar surface area (TPSA) is 58.9 Å². The van der Waals surface area contributed by atoms with E-state index in [2.05, 4.69) is 13.8 Å². The normalized spacial score (nSPS) is 21.2. The molecule has 2 aromatic rings. The van der Waals surface area contributed by atoms with Crippen molar-refractivity contribution in [3.05, 3.63) is 47.0 Å². The van der Waals surface area contributed by atoms with Crippen LogP contribution in [0.3, 0.4) is 0 Å². The zero-order valence-electron chi connectivity index (χ0n) is 14.0. The van der Waals surface area contributed by atoms with Gasteiger partial charge in [0.25, 0.3) is 0 Å². The number of rotatable bonds is 1. The lowest BCUT2D eigenvalue weighted by atomic mass is 9.85. The van der Waals surface area contributed by atoms with Crippen LogP contribution in [0.5, 0.6) is 23.0 Å². The molecule has 0 fully saturated rings. The highest BCUT2D eigenvalue weighted by Crippen LogP contribution is 2.45. The van der Waals surface area contributed by atoms with Crippen molar-refractivity contribution in [3.63, 3.8) is 0 Å². The van der Waals surface area contributed by atoms with Gasteiger partial charge in [-0.25, -0.2) is 0 Å². The first-order chi connectivity index (χ1) is 11.4. The van der Waals surface area contributed by atoms with Gasteiger partial charge >= 0.3 is 0 Å².